The zero-order valence-electron chi connectivity index (χ0n) is 12.9. The average molecular weight is 452 g/mol. The van der Waals surface area contributed by atoms with E-state index in [0.29, 0.717) is 15.2 Å². The van der Waals surface area contributed by atoms with E-state index in [1.807, 2.05) is 54.6 Å². The molecule has 0 bridgehead atoms. The van der Waals surface area contributed by atoms with Crippen molar-refractivity contribution in [3.63, 3.8) is 0 Å². The number of hydrogen-bond acceptors (Lipinski definition) is 4. The Balaban J connectivity index is 2.04. The lowest BCUT2D eigenvalue weighted by molar-refractivity contribution is -0.122. The number of aryl methyl sites for hydroxylation is 2. The Morgan fingerprint density at radius 2 is 1.83 bits per heavy atom. The standard InChI is InChI=1S/C17H13IN2O3S/c1-9-5-10(2)7-11(6-9)20-16(22)13(15(21)19-17(20)24)8-12-3-4-14(18)23-12/h3-8H,1-2H3,(H,19,21,24)/b13-8+. The van der Waals surface area contributed by atoms with Crippen LogP contribution in [0.1, 0.15) is 16.9 Å². The van der Waals surface area contributed by atoms with Crippen LogP contribution < -0.4 is 10.2 Å². The monoisotopic (exact) mass is 452 g/mol. The quantitative estimate of drug-likeness (QED) is 0.329. The highest BCUT2D eigenvalue weighted by atomic mass is 127. The number of carbonyl (C=O) groups excluding carboxylic acids is 2. The van der Waals surface area contributed by atoms with Gasteiger partial charge in [-0.15, -0.1) is 0 Å². The van der Waals surface area contributed by atoms with Gasteiger partial charge in [0.25, 0.3) is 11.8 Å². The number of hydrogen-bond donors (Lipinski definition) is 1. The minimum atomic E-state index is -0.531. The number of halogens is 1. The number of benzene rings is 1. The van der Waals surface area contributed by atoms with Crippen molar-refractivity contribution in [3.8, 4) is 0 Å². The normalized spacial score (nSPS) is 16.7. The van der Waals surface area contributed by atoms with Crippen molar-refractivity contribution < 1.29 is 14.0 Å². The molecule has 1 aliphatic heterocycles. The minimum Gasteiger partial charge on any atom is -0.451 e. The van der Waals surface area contributed by atoms with Crippen LogP contribution in [-0.2, 0) is 9.59 Å². The summed E-state index contributed by atoms with van der Waals surface area (Å²) < 4.78 is 6.09. The molecule has 0 spiro atoms. The van der Waals surface area contributed by atoms with Gasteiger partial charge >= 0.3 is 0 Å². The zero-order valence-corrected chi connectivity index (χ0v) is 15.9. The molecule has 1 aromatic heterocycles. The smallest absolute Gasteiger partial charge is 0.270 e. The molecule has 24 heavy (non-hydrogen) atoms. The molecule has 7 heteroatoms. The lowest BCUT2D eigenvalue weighted by Gasteiger charge is -2.29. The number of anilines is 1. The highest BCUT2D eigenvalue weighted by molar-refractivity contribution is 14.1. The summed E-state index contributed by atoms with van der Waals surface area (Å²) in [5.41, 5.74) is 2.61. The van der Waals surface area contributed by atoms with Crippen LogP contribution >= 0.6 is 34.8 Å². The van der Waals surface area contributed by atoms with Crippen molar-refractivity contribution in [2.75, 3.05) is 4.90 Å². The summed E-state index contributed by atoms with van der Waals surface area (Å²) in [5.74, 6) is -0.566. The molecule has 1 N–H and O–H groups in total. The molecular weight excluding hydrogens is 439 g/mol. The largest absolute Gasteiger partial charge is 0.451 e. The van der Waals surface area contributed by atoms with Gasteiger partial charge in [0.15, 0.2) is 8.88 Å². The first-order chi connectivity index (χ1) is 11.3. The van der Waals surface area contributed by atoms with Gasteiger partial charge in [-0.1, -0.05) is 6.07 Å². The Morgan fingerprint density at radius 1 is 1.17 bits per heavy atom. The van der Waals surface area contributed by atoms with Crippen molar-refractivity contribution in [2.24, 2.45) is 0 Å². The van der Waals surface area contributed by atoms with Gasteiger partial charge in [-0.2, -0.15) is 0 Å². The van der Waals surface area contributed by atoms with Gasteiger partial charge in [0.05, 0.1) is 5.69 Å². The molecule has 1 aliphatic rings. The number of carbonyl (C=O) groups is 2. The van der Waals surface area contributed by atoms with Crippen LogP contribution in [0.3, 0.4) is 0 Å². The van der Waals surface area contributed by atoms with Gasteiger partial charge in [-0.25, -0.2) is 0 Å². The highest BCUT2D eigenvalue weighted by Gasteiger charge is 2.34. The van der Waals surface area contributed by atoms with Crippen molar-refractivity contribution in [3.05, 3.63) is 56.6 Å². The topological polar surface area (TPSA) is 62.6 Å². The predicted octanol–water partition coefficient (Wildman–Crippen LogP) is 3.33. The summed E-state index contributed by atoms with van der Waals surface area (Å²) in [5, 5.41) is 2.63. The molecule has 5 nitrogen and oxygen atoms in total. The van der Waals surface area contributed by atoms with Crippen molar-refractivity contribution in [2.45, 2.75) is 13.8 Å². The van der Waals surface area contributed by atoms with Gasteiger partial charge in [0, 0.05) is 0 Å². The van der Waals surface area contributed by atoms with E-state index in [4.69, 9.17) is 16.6 Å². The number of furan rings is 1. The maximum absolute atomic E-state index is 12.8. The van der Waals surface area contributed by atoms with Gasteiger partial charge in [-0.05, 0) is 90.1 Å². The van der Waals surface area contributed by atoms with Crippen LogP contribution in [0.25, 0.3) is 6.08 Å². The van der Waals surface area contributed by atoms with E-state index < -0.39 is 11.8 Å². The Kier molecular flexibility index (Phi) is 4.55. The molecule has 0 unspecified atom stereocenters. The molecule has 1 saturated heterocycles. The summed E-state index contributed by atoms with van der Waals surface area (Å²) >= 11 is 7.21. The third-order valence-corrected chi connectivity index (χ3v) is 4.31. The maximum Gasteiger partial charge on any atom is 0.270 e. The van der Waals surface area contributed by atoms with Crippen LogP contribution in [0.4, 0.5) is 5.69 Å². The molecule has 0 aliphatic carbocycles. The Labute approximate surface area is 157 Å². The number of rotatable bonds is 2. The van der Waals surface area contributed by atoms with Crippen molar-refractivity contribution in [1.29, 1.82) is 0 Å². The van der Waals surface area contributed by atoms with E-state index >= 15 is 0 Å². The fourth-order valence-corrected chi connectivity index (χ4v) is 3.23. The van der Waals surface area contributed by atoms with E-state index in [-0.39, 0.29) is 10.7 Å². The molecular formula is C17H13IN2O3S. The van der Waals surface area contributed by atoms with Gasteiger partial charge < -0.3 is 4.42 Å². The molecule has 2 heterocycles. The first kappa shape index (κ1) is 16.8. The van der Waals surface area contributed by atoms with Crippen LogP contribution in [0.15, 0.2) is 40.3 Å². The van der Waals surface area contributed by atoms with Gasteiger partial charge in [-0.3, -0.25) is 19.8 Å². The summed E-state index contributed by atoms with van der Waals surface area (Å²) in [4.78, 5) is 26.4. The first-order valence-corrected chi connectivity index (χ1v) is 8.59. The fraction of sp³-hybridized carbons (Fsp3) is 0.118. The maximum atomic E-state index is 12.8. The summed E-state index contributed by atoms with van der Waals surface area (Å²) in [7, 11) is 0. The fourth-order valence-electron chi connectivity index (χ4n) is 2.52. The second-order valence-electron chi connectivity index (χ2n) is 5.45. The number of amides is 2. The Hall–Kier alpha value is -2.00. The van der Waals surface area contributed by atoms with Crippen LogP contribution in [0.5, 0.6) is 0 Å². The number of thiocarbonyl (C=S) groups is 1. The van der Waals surface area contributed by atoms with E-state index in [0.717, 1.165) is 11.1 Å². The highest BCUT2D eigenvalue weighted by Crippen LogP contribution is 2.24. The van der Waals surface area contributed by atoms with Crippen LogP contribution in [-0.4, -0.2) is 16.9 Å². The first-order valence-electron chi connectivity index (χ1n) is 7.10. The number of nitrogens with zero attached hydrogens (tertiary/aromatic N) is 1. The van der Waals surface area contributed by atoms with E-state index in [2.05, 4.69) is 5.32 Å². The molecule has 3 rings (SSSR count). The zero-order chi connectivity index (χ0) is 17.4. The Morgan fingerprint density at radius 3 is 2.42 bits per heavy atom. The summed E-state index contributed by atoms with van der Waals surface area (Å²) in [6, 6.07) is 9.15. The lowest BCUT2D eigenvalue weighted by Crippen LogP contribution is -2.54. The molecule has 0 saturated carbocycles. The van der Waals surface area contributed by atoms with E-state index in [1.165, 1.54) is 11.0 Å². The average Bonchev–Trinajstić information content (AvgIpc) is 2.87. The van der Waals surface area contributed by atoms with Crippen LogP contribution in [0, 0.1) is 17.6 Å². The molecule has 2 amide bonds. The third-order valence-electron chi connectivity index (χ3n) is 3.45. The number of nitrogens with one attached hydrogen (secondary N) is 1. The Bertz CT molecular complexity index is 881. The van der Waals surface area contributed by atoms with Gasteiger partial charge in [0.1, 0.15) is 11.3 Å². The summed E-state index contributed by atoms with van der Waals surface area (Å²) in [6.45, 7) is 3.88. The lowest BCUT2D eigenvalue weighted by atomic mass is 10.1. The van der Waals surface area contributed by atoms with Gasteiger partial charge in [0.2, 0.25) is 0 Å². The van der Waals surface area contributed by atoms with E-state index in [1.54, 1.807) is 12.1 Å². The van der Waals surface area contributed by atoms with Crippen molar-refractivity contribution in [1.82, 2.24) is 5.32 Å². The van der Waals surface area contributed by atoms with E-state index in [9.17, 15) is 9.59 Å². The van der Waals surface area contributed by atoms with Crippen molar-refractivity contribution >= 4 is 63.5 Å². The predicted molar refractivity (Wildman–Crippen MR) is 104 cm³/mol. The molecule has 0 atom stereocenters. The third kappa shape index (κ3) is 3.27. The molecule has 122 valence electrons. The molecule has 2 aromatic rings. The molecule has 1 aromatic carbocycles. The second-order valence-corrected chi connectivity index (χ2v) is 6.90. The summed E-state index contributed by atoms with van der Waals surface area (Å²) in [6.07, 6.45) is 1.43. The molecule has 0 radical (unpaired) electrons. The SMILES string of the molecule is Cc1cc(C)cc(N2C(=O)/C(=C/c3ccc(I)o3)C(=O)NC2=S)c1. The minimum absolute atomic E-state index is 0.0199. The van der Waals surface area contributed by atoms with Crippen LogP contribution in [0.2, 0.25) is 0 Å². The molecule has 1 fully saturated rings. The second kappa shape index (κ2) is 6.48.